The van der Waals surface area contributed by atoms with E-state index >= 15 is 0 Å². The quantitative estimate of drug-likeness (QED) is 0.875. The van der Waals surface area contributed by atoms with E-state index < -0.39 is 0 Å². The maximum absolute atomic E-state index is 12.2. The van der Waals surface area contributed by atoms with Crippen molar-refractivity contribution in [1.29, 1.82) is 0 Å². The molecule has 0 unspecified atom stereocenters. The van der Waals surface area contributed by atoms with Crippen molar-refractivity contribution in [1.82, 2.24) is 19.7 Å². The third kappa shape index (κ3) is 1.66. The summed E-state index contributed by atoms with van der Waals surface area (Å²) in [6, 6.07) is 0. The van der Waals surface area contributed by atoms with Gasteiger partial charge in [-0.25, -0.2) is 9.98 Å². The van der Waals surface area contributed by atoms with Crippen molar-refractivity contribution >= 4 is 11.5 Å². The van der Waals surface area contributed by atoms with Crippen LogP contribution in [0.1, 0.15) is 24.5 Å². The average molecular weight is 243 g/mol. The van der Waals surface area contributed by atoms with Gasteiger partial charge in [-0.3, -0.25) is 14.5 Å². The number of nitrogens with one attached hydrogen (secondary N) is 1. The van der Waals surface area contributed by atoms with Crippen molar-refractivity contribution in [3.05, 3.63) is 40.2 Å². The van der Waals surface area contributed by atoms with Crippen LogP contribution in [0.4, 0.5) is 5.82 Å². The second-order valence-electron chi connectivity index (χ2n) is 4.27. The van der Waals surface area contributed by atoms with Crippen molar-refractivity contribution in [2.45, 2.75) is 26.3 Å². The Morgan fingerprint density at radius 3 is 3.11 bits per heavy atom. The van der Waals surface area contributed by atoms with Crippen molar-refractivity contribution in [2.75, 3.05) is 0 Å². The Balaban J connectivity index is 1.99. The SMILES string of the molecule is CCCn1cnc2c(c1=O)CC(c1cn[nH]c1)=N2. The lowest BCUT2D eigenvalue weighted by atomic mass is 10.1. The smallest absolute Gasteiger partial charge is 0.259 e. The van der Waals surface area contributed by atoms with Gasteiger partial charge in [0, 0.05) is 24.7 Å². The first-order valence-corrected chi connectivity index (χ1v) is 5.94. The first kappa shape index (κ1) is 10.9. The molecule has 2 aromatic heterocycles. The van der Waals surface area contributed by atoms with E-state index in [1.807, 2.05) is 6.92 Å². The summed E-state index contributed by atoms with van der Waals surface area (Å²) in [7, 11) is 0. The zero-order valence-corrected chi connectivity index (χ0v) is 10.1. The van der Waals surface area contributed by atoms with Gasteiger partial charge in [0.2, 0.25) is 0 Å². The molecule has 6 nitrogen and oxygen atoms in total. The van der Waals surface area contributed by atoms with Gasteiger partial charge in [0.15, 0.2) is 5.82 Å². The second-order valence-corrected chi connectivity index (χ2v) is 4.27. The molecule has 6 heteroatoms. The van der Waals surface area contributed by atoms with E-state index in [1.54, 1.807) is 23.3 Å². The summed E-state index contributed by atoms with van der Waals surface area (Å²) in [5.74, 6) is 0.545. The van der Waals surface area contributed by atoms with Crippen LogP contribution in [-0.4, -0.2) is 25.5 Å². The van der Waals surface area contributed by atoms with Crippen LogP contribution in [0.2, 0.25) is 0 Å². The lowest BCUT2D eigenvalue weighted by molar-refractivity contribution is 0.637. The van der Waals surface area contributed by atoms with Gasteiger partial charge in [-0.2, -0.15) is 5.10 Å². The fourth-order valence-electron chi connectivity index (χ4n) is 2.09. The van der Waals surface area contributed by atoms with E-state index in [2.05, 4.69) is 20.2 Å². The summed E-state index contributed by atoms with van der Waals surface area (Å²) >= 11 is 0. The highest BCUT2D eigenvalue weighted by atomic mass is 16.1. The number of nitrogens with zero attached hydrogens (tertiary/aromatic N) is 4. The van der Waals surface area contributed by atoms with Crippen LogP contribution in [0.25, 0.3) is 0 Å². The van der Waals surface area contributed by atoms with E-state index in [0.29, 0.717) is 24.3 Å². The molecule has 1 aliphatic heterocycles. The minimum Gasteiger partial charge on any atom is -0.299 e. The van der Waals surface area contributed by atoms with Crippen molar-refractivity contribution in [3.63, 3.8) is 0 Å². The van der Waals surface area contributed by atoms with Crippen LogP contribution in [0.15, 0.2) is 28.5 Å². The fraction of sp³-hybridized carbons (Fsp3) is 0.333. The predicted octanol–water partition coefficient (Wildman–Crippen LogP) is 1.05. The van der Waals surface area contributed by atoms with Crippen LogP contribution < -0.4 is 5.56 Å². The maximum atomic E-state index is 12.2. The Labute approximate surface area is 103 Å². The molecule has 1 aliphatic rings. The highest BCUT2D eigenvalue weighted by Crippen LogP contribution is 2.22. The topological polar surface area (TPSA) is 75.9 Å². The molecule has 0 saturated heterocycles. The Morgan fingerprint density at radius 1 is 1.50 bits per heavy atom. The first-order chi connectivity index (χ1) is 8.79. The van der Waals surface area contributed by atoms with Gasteiger partial charge in [-0.1, -0.05) is 6.92 Å². The number of aryl methyl sites for hydroxylation is 1. The van der Waals surface area contributed by atoms with E-state index in [1.165, 1.54) is 0 Å². The van der Waals surface area contributed by atoms with Gasteiger partial charge < -0.3 is 0 Å². The average Bonchev–Trinajstić information content (AvgIpc) is 3.00. The van der Waals surface area contributed by atoms with Gasteiger partial charge in [0.1, 0.15) is 0 Å². The zero-order valence-electron chi connectivity index (χ0n) is 10.1. The number of aromatic nitrogens is 4. The molecular formula is C12H13N5O. The monoisotopic (exact) mass is 243 g/mol. The number of aromatic amines is 1. The number of aliphatic imine (C=N–C) groups is 1. The molecule has 0 fully saturated rings. The van der Waals surface area contributed by atoms with E-state index in [4.69, 9.17) is 0 Å². The number of hydrogen-bond donors (Lipinski definition) is 1. The van der Waals surface area contributed by atoms with Crippen LogP contribution >= 0.6 is 0 Å². The standard InChI is InChI=1S/C12H13N5O/c1-2-3-17-7-13-11-9(12(17)18)4-10(16-11)8-5-14-15-6-8/h5-7H,2-4H2,1H3,(H,14,15). The van der Waals surface area contributed by atoms with Crippen molar-refractivity contribution < 1.29 is 0 Å². The summed E-state index contributed by atoms with van der Waals surface area (Å²) in [5, 5.41) is 6.63. The zero-order chi connectivity index (χ0) is 12.5. The minimum absolute atomic E-state index is 0.0177. The molecule has 3 rings (SSSR count). The molecular weight excluding hydrogens is 230 g/mol. The van der Waals surface area contributed by atoms with Crippen LogP contribution in [0, 0.1) is 0 Å². The first-order valence-electron chi connectivity index (χ1n) is 5.94. The molecule has 0 aromatic carbocycles. The van der Waals surface area contributed by atoms with E-state index in [9.17, 15) is 4.79 Å². The molecule has 0 atom stereocenters. The largest absolute Gasteiger partial charge is 0.299 e. The summed E-state index contributed by atoms with van der Waals surface area (Å²) < 4.78 is 1.65. The second kappa shape index (κ2) is 4.21. The summed E-state index contributed by atoms with van der Waals surface area (Å²) in [4.78, 5) is 20.8. The molecule has 18 heavy (non-hydrogen) atoms. The Morgan fingerprint density at radius 2 is 2.39 bits per heavy atom. The molecule has 3 heterocycles. The van der Waals surface area contributed by atoms with Gasteiger partial charge >= 0.3 is 0 Å². The predicted molar refractivity (Wildman–Crippen MR) is 67.3 cm³/mol. The van der Waals surface area contributed by atoms with E-state index in [0.717, 1.165) is 17.7 Å². The Bertz CT molecular complexity index is 654. The number of H-pyrrole nitrogens is 1. The fourth-order valence-corrected chi connectivity index (χ4v) is 2.09. The normalized spacial score (nSPS) is 13.5. The van der Waals surface area contributed by atoms with Crippen LogP contribution in [-0.2, 0) is 13.0 Å². The Kier molecular flexibility index (Phi) is 2.55. The minimum atomic E-state index is 0.0177. The lowest BCUT2D eigenvalue weighted by Crippen LogP contribution is -2.23. The van der Waals surface area contributed by atoms with Gasteiger partial charge in [-0.15, -0.1) is 0 Å². The van der Waals surface area contributed by atoms with Crippen molar-refractivity contribution in [2.24, 2.45) is 4.99 Å². The maximum Gasteiger partial charge on any atom is 0.259 e. The molecule has 0 saturated carbocycles. The van der Waals surface area contributed by atoms with E-state index in [-0.39, 0.29) is 5.56 Å². The molecule has 0 bridgehead atoms. The van der Waals surface area contributed by atoms with Crippen molar-refractivity contribution in [3.8, 4) is 0 Å². The van der Waals surface area contributed by atoms with Crippen LogP contribution in [0.3, 0.4) is 0 Å². The van der Waals surface area contributed by atoms with Gasteiger partial charge in [0.25, 0.3) is 5.56 Å². The summed E-state index contributed by atoms with van der Waals surface area (Å²) in [6.07, 6.45) is 6.50. The highest BCUT2D eigenvalue weighted by molar-refractivity contribution is 6.05. The lowest BCUT2D eigenvalue weighted by Gasteiger charge is -2.03. The number of rotatable bonds is 3. The third-order valence-electron chi connectivity index (χ3n) is 2.99. The molecule has 2 aromatic rings. The molecule has 92 valence electrons. The summed E-state index contributed by atoms with van der Waals surface area (Å²) in [6.45, 7) is 2.73. The molecule has 1 N–H and O–H groups in total. The van der Waals surface area contributed by atoms with Gasteiger partial charge in [0.05, 0.1) is 23.8 Å². The third-order valence-corrected chi connectivity index (χ3v) is 2.99. The highest BCUT2D eigenvalue weighted by Gasteiger charge is 2.21. The Hall–Kier alpha value is -2.24. The molecule has 0 aliphatic carbocycles. The number of fused-ring (bicyclic) bond motifs is 1. The summed E-state index contributed by atoms with van der Waals surface area (Å²) in [5.41, 5.74) is 2.46. The van der Waals surface area contributed by atoms with Crippen LogP contribution in [0.5, 0.6) is 0 Å². The molecule has 0 spiro atoms. The number of hydrogen-bond acceptors (Lipinski definition) is 4. The molecule has 0 radical (unpaired) electrons. The molecule has 0 amide bonds. The van der Waals surface area contributed by atoms with Gasteiger partial charge in [-0.05, 0) is 6.42 Å².